The van der Waals surface area contributed by atoms with Crippen molar-refractivity contribution >= 4 is 138 Å². The van der Waals surface area contributed by atoms with E-state index in [-0.39, 0.29) is 44.5 Å². The van der Waals surface area contributed by atoms with Crippen LogP contribution in [0.25, 0.3) is 0 Å². The van der Waals surface area contributed by atoms with Crippen molar-refractivity contribution in [1.29, 1.82) is 0 Å². The lowest BCUT2D eigenvalue weighted by molar-refractivity contribution is 0.268. The fourth-order valence-corrected chi connectivity index (χ4v) is 8.97. The van der Waals surface area contributed by atoms with Crippen molar-refractivity contribution in [1.82, 2.24) is 21.3 Å². The van der Waals surface area contributed by atoms with Crippen LogP contribution in [0.1, 0.15) is 78.5 Å². The van der Waals surface area contributed by atoms with E-state index in [2.05, 4.69) is 102 Å². The van der Waals surface area contributed by atoms with Crippen LogP contribution >= 0.6 is 95.3 Å². The molecular formula is C56H68Cl4N8O4S4. The summed E-state index contributed by atoms with van der Waals surface area (Å²) in [6.45, 7) is 20.2. The molecule has 0 saturated carbocycles. The Kier molecular flexibility index (Phi) is 26.4. The van der Waals surface area contributed by atoms with Gasteiger partial charge in [-0.2, -0.15) is 0 Å². The molecule has 12 nitrogen and oxygen atoms in total. The van der Waals surface area contributed by atoms with Crippen molar-refractivity contribution < 1.29 is 20.4 Å². The van der Waals surface area contributed by atoms with Crippen molar-refractivity contribution in [2.75, 3.05) is 27.8 Å². The van der Waals surface area contributed by atoms with E-state index in [1.54, 1.807) is 72.8 Å². The third-order valence-corrected chi connectivity index (χ3v) is 12.2. The Bertz CT molecular complexity index is 2890. The molecule has 0 aliphatic rings. The van der Waals surface area contributed by atoms with Crippen LogP contribution in [0.4, 0.5) is 22.7 Å². The Balaban J connectivity index is 0.000000268. The normalized spacial score (nSPS) is 10.8. The molecule has 0 aliphatic carbocycles. The molecule has 6 aromatic rings. The lowest BCUT2D eigenvalue weighted by Crippen LogP contribution is -2.47. The number of nitrogens with one attached hydrogen (secondary N) is 8. The number of thiocarbonyl (C=S) groups is 4. The van der Waals surface area contributed by atoms with Crippen molar-refractivity contribution in [2.45, 2.75) is 92.8 Å². The number of phenols is 4. The van der Waals surface area contributed by atoms with Crippen molar-refractivity contribution in [3.05, 3.63) is 164 Å². The molecule has 76 heavy (non-hydrogen) atoms. The number of aromatic hydroxyl groups is 4. The molecule has 408 valence electrons. The first kappa shape index (κ1) is 64.7. The minimum atomic E-state index is -0.142. The van der Waals surface area contributed by atoms with Crippen LogP contribution in [-0.2, 0) is 13.0 Å². The smallest absolute Gasteiger partial charge is 0.171 e. The molecule has 0 bridgehead atoms. The largest absolute Gasteiger partial charge is 0.504 e. The highest BCUT2D eigenvalue weighted by molar-refractivity contribution is 7.81. The summed E-state index contributed by atoms with van der Waals surface area (Å²) in [5, 5.41) is 66.3. The summed E-state index contributed by atoms with van der Waals surface area (Å²) < 4.78 is 0. The lowest BCUT2D eigenvalue weighted by Gasteiger charge is -2.34. The highest BCUT2D eigenvalue weighted by atomic mass is 35.5. The molecule has 0 fully saturated rings. The maximum Gasteiger partial charge on any atom is 0.171 e. The van der Waals surface area contributed by atoms with E-state index in [4.69, 9.17) is 95.3 Å². The number of anilines is 4. The van der Waals surface area contributed by atoms with E-state index in [1.165, 1.54) is 16.7 Å². The van der Waals surface area contributed by atoms with Crippen molar-refractivity contribution in [3.63, 3.8) is 0 Å². The molecule has 0 aromatic heterocycles. The summed E-state index contributed by atoms with van der Waals surface area (Å²) >= 11 is 44.1. The van der Waals surface area contributed by atoms with Gasteiger partial charge in [0, 0.05) is 24.2 Å². The lowest BCUT2D eigenvalue weighted by atomic mass is 9.82. The number of para-hydroxylation sites is 4. The van der Waals surface area contributed by atoms with Crippen LogP contribution in [0.2, 0.25) is 20.1 Å². The number of benzene rings is 6. The van der Waals surface area contributed by atoms with Gasteiger partial charge in [0.15, 0.2) is 43.4 Å². The first-order valence-corrected chi connectivity index (χ1v) is 26.9. The third kappa shape index (κ3) is 24.6. The molecule has 0 heterocycles. The number of aryl methyl sites for hydroxylation is 1. The van der Waals surface area contributed by atoms with Crippen molar-refractivity contribution in [3.8, 4) is 23.0 Å². The molecule has 0 amide bonds. The van der Waals surface area contributed by atoms with Crippen LogP contribution in [0, 0.1) is 12.3 Å². The molecule has 0 atom stereocenters. The molecule has 0 aliphatic heterocycles. The van der Waals surface area contributed by atoms with Gasteiger partial charge in [-0.25, -0.2) is 0 Å². The quantitative estimate of drug-likeness (QED) is 0.0435. The maximum absolute atomic E-state index is 9.85. The molecule has 6 rings (SSSR count). The van der Waals surface area contributed by atoms with Gasteiger partial charge in [0.25, 0.3) is 0 Å². The predicted octanol–water partition coefficient (Wildman–Crippen LogP) is 15.1. The van der Waals surface area contributed by atoms with Crippen LogP contribution in [0.3, 0.4) is 0 Å². The highest BCUT2D eigenvalue weighted by Gasteiger charge is 2.26. The fourth-order valence-electron chi connectivity index (χ4n) is 7.07. The van der Waals surface area contributed by atoms with Gasteiger partial charge in [-0.1, -0.05) is 146 Å². The van der Waals surface area contributed by atoms with E-state index in [1.807, 2.05) is 57.2 Å². The molecule has 6 aromatic carbocycles. The van der Waals surface area contributed by atoms with Gasteiger partial charge >= 0.3 is 0 Å². The zero-order chi connectivity index (χ0) is 56.8. The standard InChI is InChI=1S/2C15H15ClN2OS.C15H23ClN2OS.C11H15ClN2OS/c1-10-5-2-3-6-11(10)9-17-15(20)18-13-8-4-7-12(16)14(13)19;16-12-7-4-8-13(14(12)19)18-15(20)17-10-9-11-5-2-1-3-6-11;1-14(2,3)9-15(4,5)18-13(20)17-11-8-6-7-10(16)12(11)19;1-11(2,3)14-10(16)13-8-6-4-5-7(12)9(8)15/h2-8,19H,9H2,1H3,(H2,17,18,20);1-8,19H,9-10H2,(H2,17,18,20);6-8,19H,9H2,1-5H3,(H2,17,18,20);4-6,15H,1-3H3,(H2,13,14,16). The Morgan fingerprint density at radius 2 is 0.816 bits per heavy atom. The average Bonchev–Trinajstić information content (AvgIpc) is 3.31. The molecule has 0 unspecified atom stereocenters. The summed E-state index contributed by atoms with van der Waals surface area (Å²) in [5.74, 6) is 0.00440. The number of hydrogen-bond donors (Lipinski definition) is 12. The van der Waals surface area contributed by atoms with Crippen LogP contribution < -0.4 is 42.5 Å². The monoisotopic (exact) mass is 1180 g/mol. The summed E-state index contributed by atoms with van der Waals surface area (Å²) in [4.78, 5) is 0. The second kappa shape index (κ2) is 31.0. The molecule has 0 saturated heterocycles. The van der Waals surface area contributed by atoms with E-state index in [0.29, 0.717) is 64.8 Å². The number of rotatable bonds is 11. The third-order valence-electron chi connectivity index (χ3n) is 10.1. The van der Waals surface area contributed by atoms with Gasteiger partial charge in [0.2, 0.25) is 0 Å². The molecule has 20 heteroatoms. The number of phenolic OH excluding ortho intramolecular Hbond substituents is 4. The van der Waals surface area contributed by atoms with Gasteiger partial charge in [0.05, 0.1) is 42.8 Å². The first-order valence-electron chi connectivity index (χ1n) is 23.8. The average molecular weight is 1190 g/mol. The fraction of sp³-hybridized carbons (Fsp3) is 0.286. The topological polar surface area (TPSA) is 177 Å². The predicted molar refractivity (Wildman–Crippen MR) is 338 cm³/mol. The van der Waals surface area contributed by atoms with Gasteiger partial charge in [-0.05, 0) is 174 Å². The van der Waals surface area contributed by atoms with E-state index in [0.717, 1.165) is 19.4 Å². The SMILES string of the molecule is CC(C)(C)CC(C)(C)NC(=S)Nc1cccc(Cl)c1O.CC(C)(C)NC(=S)Nc1cccc(Cl)c1O.Cc1ccccc1CNC(=S)Nc1cccc(Cl)c1O.Oc1c(Cl)cccc1NC(=S)NCCc1ccccc1. The Morgan fingerprint density at radius 3 is 1.21 bits per heavy atom. The Labute approximate surface area is 489 Å². The van der Waals surface area contributed by atoms with E-state index >= 15 is 0 Å². The first-order chi connectivity index (χ1) is 35.5. The van der Waals surface area contributed by atoms with Crippen LogP contribution in [-0.4, -0.2) is 58.5 Å². The molecular weight excluding hydrogens is 1120 g/mol. The van der Waals surface area contributed by atoms with Gasteiger partial charge in [-0.3, -0.25) is 0 Å². The molecule has 0 spiro atoms. The van der Waals surface area contributed by atoms with E-state index in [9.17, 15) is 20.4 Å². The second-order valence-corrected chi connectivity index (χ2v) is 23.2. The highest BCUT2D eigenvalue weighted by Crippen LogP contribution is 2.34. The number of halogens is 4. The second-order valence-electron chi connectivity index (χ2n) is 19.9. The zero-order valence-corrected chi connectivity index (χ0v) is 50.2. The Hall–Kier alpha value is -5.56. The van der Waals surface area contributed by atoms with Crippen molar-refractivity contribution in [2.24, 2.45) is 5.41 Å². The summed E-state index contributed by atoms with van der Waals surface area (Å²) in [5.41, 5.74) is 5.53. The van der Waals surface area contributed by atoms with Crippen LogP contribution in [0.15, 0.2) is 127 Å². The Morgan fingerprint density at radius 1 is 0.447 bits per heavy atom. The van der Waals surface area contributed by atoms with Crippen LogP contribution in [0.5, 0.6) is 23.0 Å². The van der Waals surface area contributed by atoms with E-state index < -0.39 is 0 Å². The summed E-state index contributed by atoms with van der Waals surface area (Å²) in [7, 11) is 0. The number of hydrogen-bond acceptors (Lipinski definition) is 8. The van der Waals surface area contributed by atoms with Gasteiger partial charge < -0.3 is 63.0 Å². The zero-order valence-electron chi connectivity index (χ0n) is 43.9. The minimum Gasteiger partial charge on any atom is -0.504 e. The summed E-state index contributed by atoms with van der Waals surface area (Å²) in [6.07, 6.45) is 1.84. The summed E-state index contributed by atoms with van der Waals surface area (Å²) in [6, 6.07) is 38.6. The minimum absolute atomic E-state index is 0.00127. The molecule has 0 radical (unpaired) electrons. The van der Waals surface area contributed by atoms with Gasteiger partial charge in [-0.15, -0.1) is 0 Å². The molecule has 12 N–H and O–H groups in total. The maximum atomic E-state index is 9.85. The van der Waals surface area contributed by atoms with Gasteiger partial charge in [0.1, 0.15) is 0 Å².